The summed E-state index contributed by atoms with van der Waals surface area (Å²) in [6.45, 7) is 7.35. The van der Waals surface area contributed by atoms with Crippen molar-refractivity contribution in [1.82, 2.24) is 19.6 Å². The molecule has 1 atom stereocenters. The summed E-state index contributed by atoms with van der Waals surface area (Å²) in [6, 6.07) is 18.0. The number of rotatable bonds is 14. The summed E-state index contributed by atoms with van der Waals surface area (Å²) < 4.78 is 20.9. The Labute approximate surface area is 292 Å². The Balaban J connectivity index is 1.52. The summed E-state index contributed by atoms with van der Waals surface area (Å²) in [5.74, 6) is -1.05. The molecule has 2 N–H and O–H groups in total. The van der Waals surface area contributed by atoms with Gasteiger partial charge in [0.15, 0.2) is 5.69 Å². The second-order valence-corrected chi connectivity index (χ2v) is 12.7. The zero-order chi connectivity index (χ0) is 35.8. The molecule has 10 nitrogen and oxygen atoms in total. The molecule has 1 aliphatic rings. The van der Waals surface area contributed by atoms with Gasteiger partial charge < -0.3 is 25.0 Å². The van der Waals surface area contributed by atoms with Crippen molar-refractivity contribution in [1.29, 1.82) is 0 Å². The first-order chi connectivity index (χ1) is 24.2. The maximum atomic E-state index is 14.5. The van der Waals surface area contributed by atoms with Gasteiger partial charge in [-0.3, -0.25) is 14.4 Å². The molecule has 3 aromatic carbocycles. The van der Waals surface area contributed by atoms with Gasteiger partial charge in [0.05, 0.1) is 37.4 Å². The standard InChI is InChI=1S/C39H46FN5O5/c1-5-7-17-43(18-8-6-2)39(49)34-19-26(3)45(42-34)35-15-14-31(41-37(47)22-29-20-30(40)13-16-36(29)50-4)23-33(35)38(48)44-24-28-12-10-9-11-27(28)21-32(44)25-46/h9-16,19-20,23,32,46H,5-8,17-18,21-22,24-25H2,1-4H3,(H,41,47). The number of carbonyl (C=O) groups is 3. The number of halogens is 1. The molecule has 0 saturated carbocycles. The maximum Gasteiger partial charge on any atom is 0.274 e. The Kier molecular flexibility index (Phi) is 12.0. The van der Waals surface area contributed by atoms with E-state index in [-0.39, 0.29) is 36.1 Å². The Morgan fingerprint density at radius 2 is 1.72 bits per heavy atom. The minimum Gasteiger partial charge on any atom is -0.496 e. The number of hydrogen-bond acceptors (Lipinski definition) is 6. The number of aromatic nitrogens is 2. The normalized spacial score (nSPS) is 13.9. The second kappa shape index (κ2) is 16.6. The molecule has 11 heteroatoms. The number of aliphatic hydroxyl groups is 1. The largest absolute Gasteiger partial charge is 0.496 e. The van der Waals surface area contributed by atoms with Crippen molar-refractivity contribution in [3.8, 4) is 11.4 Å². The van der Waals surface area contributed by atoms with Gasteiger partial charge in [-0.25, -0.2) is 9.07 Å². The molecule has 1 aromatic heterocycles. The van der Waals surface area contributed by atoms with Crippen LogP contribution < -0.4 is 10.1 Å². The van der Waals surface area contributed by atoms with Crippen molar-refractivity contribution in [3.05, 3.63) is 106 Å². The fraction of sp³-hybridized carbons (Fsp3) is 0.385. The number of amides is 3. The minimum atomic E-state index is -0.487. The van der Waals surface area contributed by atoms with Crippen LogP contribution in [0.1, 0.15) is 82.8 Å². The summed E-state index contributed by atoms with van der Waals surface area (Å²) in [7, 11) is 1.45. The third-order valence-electron chi connectivity index (χ3n) is 9.12. The van der Waals surface area contributed by atoms with Crippen LogP contribution in [0.5, 0.6) is 5.75 Å². The topological polar surface area (TPSA) is 117 Å². The Morgan fingerprint density at radius 1 is 1.00 bits per heavy atom. The molecule has 2 heterocycles. The lowest BCUT2D eigenvalue weighted by Gasteiger charge is -2.36. The zero-order valence-electron chi connectivity index (χ0n) is 29.2. The number of nitrogens with one attached hydrogen (secondary N) is 1. The van der Waals surface area contributed by atoms with Crippen LogP contribution in [0.25, 0.3) is 5.69 Å². The molecule has 3 amide bonds. The van der Waals surface area contributed by atoms with Crippen molar-refractivity contribution >= 4 is 23.4 Å². The van der Waals surface area contributed by atoms with Crippen molar-refractivity contribution in [2.24, 2.45) is 0 Å². The first kappa shape index (κ1) is 36.3. The second-order valence-electron chi connectivity index (χ2n) is 12.7. The third-order valence-corrected chi connectivity index (χ3v) is 9.12. The number of fused-ring (bicyclic) bond motifs is 1. The molecule has 1 aliphatic heterocycles. The molecule has 0 radical (unpaired) electrons. The highest BCUT2D eigenvalue weighted by Crippen LogP contribution is 2.29. The zero-order valence-corrected chi connectivity index (χ0v) is 29.2. The Morgan fingerprint density at radius 3 is 2.40 bits per heavy atom. The predicted octanol–water partition coefficient (Wildman–Crippen LogP) is 6.11. The van der Waals surface area contributed by atoms with E-state index in [2.05, 4.69) is 19.2 Å². The van der Waals surface area contributed by atoms with Gasteiger partial charge in [0.2, 0.25) is 5.91 Å². The van der Waals surface area contributed by atoms with E-state index in [1.165, 1.54) is 25.3 Å². The molecular weight excluding hydrogens is 637 g/mol. The monoisotopic (exact) mass is 683 g/mol. The third kappa shape index (κ3) is 8.22. The van der Waals surface area contributed by atoms with Crippen molar-refractivity contribution in [2.75, 3.05) is 32.1 Å². The Bertz CT molecular complexity index is 1830. The van der Waals surface area contributed by atoms with Crippen LogP contribution in [0.15, 0.2) is 66.7 Å². The molecule has 50 heavy (non-hydrogen) atoms. The van der Waals surface area contributed by atoms with Gasteiger partial charge in [0.1, 0.15) is 11.6 Å². The number of aliphatic hydroxyl groups excluding tert-OH is 1. The minimum absolute atomic E-state index is 0.155. The van der Waals surface area contributed by atoms with Crippen LogP contribution >= 0.6 is 0 Å². The summed E-state index contributed by atoms with van der Waals surface area (Å²) >= 11 is 0. The summed E-state index contributed by atoms with van der Waals surface area (Å²) in [4.78, 5) is 44.9. The summed E-state index contributed by atoms with van der Waals surface area (Å²) in [6.07, 6.45) is 4.03. The highest BCUT2D eigenvalue weighted by atomic mass is 19.1. The van der Waals surface area contributed by atoms with Gasteiger partial charge in [0.25, 0.3) is 11.8 Å². The number of hydrogen-bond donors (Lipinski definition) is 2. The van der Waals surface area contributed by atoms with Crippen LogP contribution in [-0.2, 0) is 24.2 Å². The van der Waals surface area contributed by atoms with E-state index in [0.717, 1.165) is 36.8 Å². The molecule has 0 saturated heterocycles. The molecule has 4 aromatic rings. The van der Waals surface area contributed by atoms with Gasteiger partial charge in [-0.15, -0.1) is 0 Å². The lowest BCUT2D eigenvalue weighted by atomic mass is 9.93. The number of unbranched alkanes of at least 4 members (excludes halogenated alkanes) is 2. The summed E-state index contributed by atoms with van der Waals surface area (Å²) in [5, 5.41) is 17.9. The highest BCUT2D eigenvalue weighted by Gasteiger charge is 2.32. The molecular formula is C39H46FN5O5. The van der Waals surface area contributed by atoms with Gasteiger partial charge in [-0.2, -0.15) is 5.10 Å². The lowest BCUT2D eigenvalue weighted by Crippen LogP contribution is -2.46. The average molecular weight is 684 g/mol. The highest BCUT2D eigenvalue weighted by molar-refractivity contribution is 6.01. The molecule has 0 bridgehead atoms. The molecule has 1 unspecified atom stereocenters. The van der Waals surface area contributed by atoms with Crippen LogP contribution in [0.2, 0.25) is 0 Å². The van der Waals surface area contributed by atoms with E-state index in [4.69, 9.17) is 9.84 Å². The number of carbonyl (C=O) groups excluding carboxylic acids is 3. The van der Waals surface area contributed by atoms with Crippen LogP contribution in [-0.4, -0.2) is 75.3 Å². The van der Waals surface area contributed by atoms with E-state index >= 15 is 0 Å². The van der Waals surface area contributed by atoms with E-state index in [1.807, 2.05) is 36.1 Å². The number of methoxy groups -OCH3 is 1. The lowest BCUT2D eigenvalue weighted by molar-refractivity contribution is -0.115. The van der Waals surface area contributed by atoms with Crippen molar-refractivity contribution in [3.63, 3.8) is 0 Å². The first-order valence-corrected chi connectivity index (χ1v) is 17.3. The van der Waals surface area contributed by atoms with Crippen LogP contribution in [0.3, 0.4) is 0 Å². The van der Waals surface area contributed by atoms with Crippen LogP contribution in [0.4, 0.5) is 10.1 Å². The molecule has 5 rings (SSSR count). The number of nitrogens with zero attached hydrogens (tertiary/aromatic N) is 4. The van der Waals surface area contributed by atoms with E-state index in [0.29, 0.717) is 54.4 Å². The predicted molar refractivity (Wildman–Crippen MR) is 190 cm³/mol. The van der Waals surface area contributed by atoms with E-state index in [1.54, 1.807) is 33.8 Å². The fourth-order valence-corrected chi connectivity index (χ4v) is 6.37. The number of aryl methyl sites for hydroxylation is 1. The summed E-state index contributed by atoms with van der Waals surface area (Å²) in [5.41, 5.74) is 4.41. The number of ether oxygens (including phenoxy) is 1. The molecule has 264 valence electrons. The molecule has 0 spiro atoms. The van der Waals surface area contributed by atoms with Crippen molar-refractivity contribution < 1.29 is 28.6 Å². The smallest absolute Gasteiger partial charge is 0.274 e. The molecule has 0 aliphatic carbocycles. The maximum absolute atomic E-state index is 14.5. The fourth-order valence-electron chi connectivity index (χ4n) is 6.37. The quantitative estimate of drug-likeness (QED) is 0.166. The first-order valence-electron chi connectivity index (χ1n) is 17.3. The van der Waals surface area contributed by atoms with Gasteiger partial charge in [-0.05, 0) is 79.8 Å². The average Bonchev–Trinajstić information content (AvgIpc) is 3.51. The Hall–Kier alpha value is -5.03. The molecule has 0 fully saturated rings. The van der Waals surface area contributed by atoms with Crippen molar-refractivity contribution in [2.45, 2.75) is 71.9 Å². The van der Waals surface area contributed by atoms with E-state index in [9.17, 15) is 23.9 Å². The van der Waals surface area contributed by atoms with E-state index < -0.39 is 17.8 Å². The number of benzene rings is 3. The SMILES string of the molecule is CCCCN(CCCC)C(=O)c1cc(C)n(-c2ccc(NC(=O)Cc3cc(F)ccc3OC)cc2C(=O)N2Cc3ccccc3CC2CO)n1. The van der Waals surface area contributed by atoms with Gasteiger partial charge in [-0.1, -0.05) is 51.0 Å². The van der Waals surface area contributed by atoms with Gasteiger partial charge >= 0.3 is 0 Å². The van der Waals surface area contributed by atoms with Gasteiger partial charge in [0, 0.05) is 36.6 Å². The van der Waals surface area contributed by atoms with Crippen LogP contribution in [0, 0.1) is 12.7 Å². The number of anilines is 1.